The molecule has 0 spiro atoms. The first kappa shape index (κ1) is 87.1. The number of carbonyl (C=O) groups is 4. The van der Waals surface area contributed by atoms with Gasteiger partial charge in [0.05, 0.1) is 26.4 Å². The number of carbonyl (C=O) groups excluding carboxylic acids is 4. The zero-order chi connectivity index (χ0) is 65.7. The van der Waals surface area contributed by atoms with E-state index in [4.69, 9.17) is 37.0 Å². The second kappa shape index (κ2) is 62.2. The molecule has 5 atom stereocenters. The molecule has 0 saturated heterocycles. The van der Waals surface area contributed by atoms with E-state index in [-0.39, 0.29) is 25.7 Å². The summed E-state index contributed by atoms with van der Waals surface area (Å²) in [6.07, 6.45) is 47.2. The van der Waals surface area contributed by atoms with Crippen LogP contribution in [-0.4, -0.2) is 96.7 Å². The highest BCUT2D eigenvalue weighted by Crippen LogP contribution is 2.45. The van der Waals surface area contributed by atoms with Gasteiger partial charge in [0.1, 0.15) is 19.3 Å². The number of ether oxygens (including phenoxy) is 4. The molecule has 89 heavy (non-hydrogen) atoms. The number of rotatable bonds is 69. The van der Waals surface area contributed by atoms with Gasteiger partial charge in [-0.1, -0.05) is 305 Å². The molecule has 3 N–H and O–H groups in total. The molecule has 0 aromatic rings. The average molecular weight is 1310 g/mol. The van der Waals surface area contributed by atoms with Crippen LogP contribution in [0.15, 0.2) is 0 Å². The average Bonchev–Trinajstić information content (AvgIpc) is 3.69. The summed E-state index contributed by atoms with van der Waals surface area (Å²) in [6.45, 7) is 9.54. The Morgan fingerprint density at radius 2 is 0.517 bits per heavy atom. The van der Waals surface area contributed by atoms with Gasteiger partial charge in [-0.25, -0.2) is 9.13 Å². The summed E-state index contributed by atoms with van der Waals surface area (Å²) in [5.41, 5.74) is 0. The Balaban J connectivity index is 5.21. The van der Waals surface area contributed by atoms with Crippen LogP contribution in [0, 0.1) is 11.8 Å². The smallest absolute Gasteiger partial charge is 0.462 e. The first-order valence-corrected chi connectivity index (χ1v) is 39.5. The van der Waals surface area contributed by atoms with Crippen LogP contribution in [0.2, 0.25) is 0 Å². The molecule has 19 heteroatoms. The van der Waals surface area contributed by atoms with Crippen LogP contribution in [0.4, 0.5) is 0 Å². The number of hydrogen-bond donors (Lipinski definition) is 3. The van der Waals surface area contributed by atoms with E-state index in [1.165, 1.54) is 167 Å². The number of phosphoric acid groups is 2. The minimum atomic E-state index is -4.95. The number of unbranched alkanes of at least 4 members (excludes halogenated alkanes) is 39. The van der Waals surface area contributed by atoms with Crippen molar-refractivity contribution in [3.63, 3.8) is 0 Å². The second-order valence-corrected chi connectivity index (χ2v) is 29.1. The minimum absolute atomic E-state index is 0.106. The van der Waals surface area contributed by atoms with E-state index in [9.17, 15) is 43.2 Å². The van der Waals surface area contributed by atoms with Gasteiger partial charge in [-0.15, -0.1) is 0 Å². The summed E-state index contributed by atoms with van der Waals surface area (Å²) in [5, 5.41) is 10.6. The highest BCUT2D eigenvalue weighted by molar-refractivity contribution is 7.47. The maximum atomic E-state index is 13.0. The van der Waals surface area contributed by atoms with Gasteiger partial charge >= 0.3 is 39.5 Å². The zero-order valence-electron chi connectivity index (χ0n) is 57.7. The zero-order valence-corrected chi connectivity index (χ0v) is 59.5. The molecule has 0 aliphatic heterocycles. The van der Waals surface area contributed by atoms with Crippen molar-refractivity contribution in [3.05, 3.63) is 0 Å². The van der Waals surface area contributed by atoms with Gasteiger partial charge in [-0.2, -0.15) is 0 Å². The molecule has 0 saturated carbocycles. The van der Waals surface area contributed by atoms with Crippen LogP contribution in [-0.2, 0) is 65.4 Å². The Morgan fingerprint density at radius 1 is 0.303 bits per heavy atom. The summed E-state index contributed by atoms with van der Waals surface area (Å²) >= 11 is 0. The molecule has 528 valence electrons. The molecule has 0 fully saturated rings. The van der Waals surface area contributed by atoms with Crippen LogP contribution in [0.3, 0.4) is 0 Å². The van der Waals surface area contributed by atoms with E-state index in [1.807, 2.05) is 0 Å². The molecule has 0 radical (unpaired) electrons. The Morgan fingerprint density at radius 3 is 0.764 bits per heavy atom. The molecule has 2 unspecified atom stereocenters. The van der Waals surface area contributed by atoms with Crippen molar-refractivity contribution >= 4 is 39.5 Å². The van der Waals surface area contributed by atoms with Crippen molar-refractivity contribution in [1.82, 2.24) is 0 Å². The van der Waals surface area contributed by atoms with Crippen molar-refractivity contribution in [3.8, 4) is 0 Å². The molecular formula is C70H136O17P2. The lowest BCUT2D eigenvalue weighted by atomic mass is 10.0. The van der Waals surface area contributed by atoms with Crippen LogP contribution in [0.1, 0.15) is 356 Å². The highest BCUT2D eigenvalue weighted by atomic mass is 31.2. The van der Waals surface area contributed by atoms with E-state index in [0.29, 0.717) is 25.7 Å². The first-order chi connectivity index (χ1) is 42.9. The van der Waals surface area contributed by atoms with Gasteiger partial charge < -0.3 is 33.8 Å². The number of aliphatic hydroxyl groups excluding tert-OH is 1. The van der Waals surface area contributed by atoms with Crippen molar-refractivity contribution in [2.75, 3.05) is 39.6 Å². The molecule has 0 aromatic heterocycles. The van der Waals surface area contributed by atoms with Crippen molar-refractivity contribution in [2.24, 2.45) is 11.8 Å². The fourth-order valence-electron chi connectivity index (χ4n) is 10.6. The van der Waals surface area contributed by atoms with Gasteiger partial charge in [0.25, 0.3) is 0 Å². The highest BCUT2D eigenvalue weighted by Gasteiger charge is 2.30. The summed E-state index contributed by atoms with van der Waals surface area (Å²) in [5.74, 6) is -0.558. The molecule has 0 bridgehead atoms. The monoisotopic (exact) mass is 1310 g/mol. The number of esters is 4. The fraction of sp³-hybridized carbons (Fsp3) is 0.943. The molecule has 0 amide bonds. The Bertz CT molecular complexity index is 1730. The minimum Gasteiger partial charge on any atom is -0.462 e. The van der Waals surface area contributed by atoms with Crippen LogP contribution in [0.5, 0.6) is 0 Å². The third kappa shape index (κ3) is 64.6. The molecule has 0 aliphatic rings. The molecule has 0 aliphatic carbocycles. The van der Waals surface area contributed by atoms with Crippen LogP contribution >= 0.6 is 15.6 Å². The van der Waals surface area contributed by atoms with E-state index in [1.54, 1.807) is 0 Å². The molecule has 0 heterocycles. The number of hydrogen-bond acceptors (Lipinski definition) is 15. The van der Waals surface area contributed by atoms with Crippen LogP contribution in [0.25, 0.3) is 0 Å². The fourth-order valence-corrected chi connectivity index (χ4v) is 12.2. The topological polar surface area (TPSA) is 237 Å². The van der Waals surface area contributed by atoms with Gasteiger partial charge in [0, 0.05) is 25.7 Å². The van der Waals surface area contributed by atoms with E-state index in [0.717, 1.165) is 108 Å². The van der Waals surface area contributed by atoms with Gasteiger partial charge in [0.15, 0.2) is 12.2 Å². The number of aliphatic hydroxyl groups is 1. The third-order valence-corrected chi connectivity index (χ3v) is 18.1. The van der Waals surface area contributed by atoms with Gasteiger partial charge in [-0.3, -0.25) is 37.3 Å². The summed E-state index contributed by atoms with van der Waals surface area (Å²) < 4.78 is 68.2. The second-order valence-electron chi connectivity index (χ2n) is 26.2. The molecule has 17 nitrogen and oxygen atoms in total. The summed E-state index contributed by atoms with van der Waals surface area (Å²) in [4.78, 5) is 72.4. The maximum Gasteiger partial charge on any atom is 0.472 e. The molecule has 0 aromatic carbocycles. The predicted molar refractivity (Wildman–Crippen MR) is 358 cm³/mol. The Kier molecular flexibility index (Phi) is 60.8. The molecule has 0 rings (SSSR count). The van der Waals surface area contributed by atoms with Crippen molar-refractivity contribution < 1.29 is 80.2 Å². The molecular weight excluding hydrogens is 1170 g/mol. The number of phosphoric ester groups is 2. The van der Waals surface area contributed by atoms with Gasteiger partial charge in [-0.05, 0) is 37.5 Å². The largest absolute Gasteiger partial charge is 0.472 e. The standard InChI is InChI=1S/C70H136O17P2/c1-7-9-11-13-15-17-29-36-42-48-54-69(74)86-65(58-80-67(72)52-46-40-34-16-14-12-10-8-2)60-84-88(76,77)82-56-64(71)57-83-89(78,79)85-61-66(59-81-68(73)53-47-41-35-30-25-22-21-24-28-33-39-45-51-63(5)6)87-70(75)55-49-43-37-31-26-20-18-19-23-27-32-38-44-50-62(3)4/h62-66,71H,7-61H2,1-6H3,(H,76,77)(H,78,79)/t64-,65+,66+/m0/s1. The maximum absolute atomic E-state index is 13.0. The van der Waals surface area contributed by atoms with Crippen LogP contribution < -0.4 is 0 Å². The van der Waals surface area contributed by atoms with E-state index < -0.39 is 97.5 Å². The first-order valence-electron chi connectivity index (χ1n) is 36.5. The lowest BCUT2D eigenvalue weighted by molar-refractivity contribution is -0.161. The quantitative estimate of drug-likeness (QED) is 0.0222. The van der Waals surface area contributed by atoms with Gasteiger partial charge in [0.2, 0.25) is 0 Å². The lowest BCUT2D eigenvalue weighted by Crippen LogP contribution is -2.30. The SMILES string of the molecule is CCCCCCCCCCCCC(=O)O[C@H](COC(=O)CCCCCCCCCC)COP(=O)(O)OC[C@H](O)COP(=O)(O)OC[C@@H](COC(=O)CCCCCCCCCCCCCCC(C)C)OC(=O)CCCCCCCCCCCCCCCC(C)C. The summed E-state index contributed by atoms with van der Waals surface area (Å²) in [6, 6.07) is 0. The van der Waals surface area contributed by atoms with Crippen molar-refractivity contribution in [2.45, 2.75) is 374 Å². The van der Waals surface area contributed by atoms with E-state index in [2.05, 4.69) is 41.5 Å². The lowest BCUT2D eigenvalue weighted by Gasteiger charge is -2.21. The van der Waals surface area contributed by atoms with Crippen molar-refractivity contribution in [1.29, 1.82) is 0 Å². The third-order valence-electron chi connectivity index (χ3n) is 16.2. The Hall–Kier alpha value is -1.94. The summed E-state index contributed by atoms with van der Waals surface area (Å²) in [7, 11) is -9.89. The normalized spacial score (nSPS) is 14.1. The predicted octanol–water partition coefficient (Wildman–Crippen LogP) is 20.0. The van der Waals surface area contributed by atoms with E-state index >= 15 is 0 Å². The Labute approximate surface area is 543 Å².